The largest absolute Gasteiger partial charge is 0.462 e. The van der Waals surface area contributed by atoms with E-state index >= 15 is 0 Å². The summed E-state index contributed by atoms with van der Waals surface area (Å²) in [6, 6.07) is 18.7. The number of fused-ring (bicyclic) bond motifs is 2. The highest BCUT2D eigenvalue weighted by Gasteiger charge is 2.32. The summed E-state index contributed by atoms with van der Waals surface area (Å²) in [7, 11) is 2.17. The number of likely N-dealkylation sites (tertiary alicyclic amines) is 1. The standard InChI is InChI=1S/C30H37N7O/c1-21-17-32-23(12-14-31)18-37(21)29-26-13-16-36(28-11-5-8-22-7-3-4-10-25(22)28)19-27(26)33-30(34-29)38-20-24-9-6-15-35(24)2/h3-5,7-8,10-11,21,23-24,32H,6,9,12-13,15-20H2,1-2H3/t21-,23+,24?/m1/s1. The zero-order valence-electron chi connectivity index (χ0n) is 22.4. The van der Waals surface area contributed by atoms with Crippen LogP contribution in [0.25, 0.3) is 10.8 Å². The highest BCUT2D eigenvalue weighted by molar-refractivity contribution is 5.94. The molecule has 0 amide bonds. The third-order valence-corrected chi connectivity index (χ3v) is 8.47. The Morgan fingerprint density at radius 1 is 1.13 bits per heavy atom. The van der Waals surface area contributed by atoms with Crippen molar-refractivity contribution in [2.45, 2.75) is 57.3 Å². The summed E-state index contributed by atoms with van der Waals surface area (Å²) in [5.41, 5.74) is 3.51. The average molecular weight is 512 g/mol. The molecule has 1 aromatic heterocycles. The highest BCUT2D eigenvalue weighted by atomic mass is 16.5. The minimum absolute atomic E-state index is 0.133. The molecule has 2 saturated heterocycles. The molecule has 2 aromatic carbocycles. The quantitative estimate of drug-likeness (QED) is 0.536. The van der Waals surface area contributed by atoms with Gasteiger partial charge in [-0.15, -0.1) is 0 Å². The molecule has 1 N–H and O–H groups in total. The van der Waals surface area contributed by atoms with Crippen LogP contribution in [-0.4, -0.2) is 72.8 Å². The molecule has 2 fully saturated rings. The van der Waals surface area contributed by atoms with Gasteiger partial charge >= 0.3 is 6.01 Å². The van der Waals surface area contributed by atoms with Crippen LogP contribution in [0.3, 0.4) is 0 Å². The van der Waals surface area contributed by atoms with E-state index in [4.69, 9.17) is 14.7 Å². The van der Waals surface area contributed by atoms with E-state index in [0.717, 1.165) is 57.1 Å². The maximum absolute atomic E-state index is 9.32. The smallest absolute Gasteiger partial charge is 0.318 e. The second-order valence-electron chi connectivity index (χ2n) is 11.0. The van der Waals surface area contributed by atoms with Gasteiger partial charge in [-0.05, 0) is 51.2 Å². The molecule has 38 heavy (non-hydrogen) atoms. The number of aromatic nitrogens is 2. The van der Waals surface area contributed by atoms with E-state index in [1.165, 1.54) is 28.4 Å². The van der Waals surface area contributed by atoms with Gasteiger partial charge in [0.2, 0.25) is 0 Å². The zero-order valence-corrected chi connectivity index (χ0v) is 22.4. The van der Waals surface area contributed by atoms with Crippen LogP contribution in [0.2, 0.25) is 0 Å². The fourth-order valence-corrected chi connectivity index (χ4v) is 6.21. The van der Waals surface area contributed by atoms with Gasteiger partial charge in [0.15, 0.2) is 0 Å². The van der Waals surface area contributed by atoms with Gasteiger partial charge in [0.25, 0.3) is 0 Å². The van der Waals surface area contributed by atoms with Crippen LogP contribution in [0.4, 0.5) is 11.5 Å². The lowest BCUT2D eigenvalue weighted by Crippen LogP contribution is -2.56. The van der Waals surface area contributed by atoms with Crippen LogP contribution in [0.1, 0.15) is 37.4 Å². The van der Waals surface area contributed by atoms with Crippen LogP contribution in [0.5, 0.6) is 6.01 Å². The Bertz CT molecular complexity index is 1330. The van der Waals surface area contributed by atoms with Gasteiger partial charge in [0, 0.05) is 54.4 Å². The zero-order chi connectivity index (χ0) is 26.1. The van der Waals surface area contributed by atoms with Crippen molar-refractivity contribution in [3.63, 3.8) is 0 Å². The number of anilines is 2. The fourth-order valence-electron chi connectivity index (χ4n) is 6.21. The number of nitrogens with one attached hydrogen (secondary N) is 1. The van der Waals surface area contributed by atoms with E-state index in [2.05, 4.69) is 82.5 Å². The molecule has 0 bridgehead atoms. The number of ether oxygens (including phenoxy) is 1. The van der Waals surface area contributed by atoms with E-state index in [-0.39, 0.29) is 12.1 Å². The summed E-state index contributed by atoms with van der Waals surface area (Å²) >= 11 is 0. The molecule has 0 saturated carbocycles. The average Bonchev–Trinajstić information content (AvgIpc) is 3.36. The molecule has 0 spiro atoms. The molecule has 8 nitrogen and oxygen atoms in total. The number of hydrogen-bond acceptors (Lipinski definition) is 8. The van der Waals surface area contributed by atoms with Crippen molar-refractivity contribution in [3.8, 4) is 12.1 Å². The molecule has 0 radical (unpaired) electrons. The van der Waals surface area contributed by atoms with Crippen molar-refractivity contribution in [3.05, 3.63) is 53.7 Å². The monoisotopic (exact) mass is 511 g/mol. The minimum atomic E-state index is 0.133. The first-order valence-electron chi connectivity index (χ1n) is 13.9. The Morgan fingerprint density at radius 3 is 2.84 bits per heavy atom. The molecule has 0 aliphatic carbocycles. The number of nitriles is 1. The van der Waals surface area contributed by atoms with Gasteiger partial charge in [-0.2, -0.15) is 15.2 Å². The van der Waals surface area contributed by atoms with Crippen molar-refractivity contribution in [2.24, 2.45) is 0 Å². The molecule has 1 unspecified atom stereocenters. The Kier molecular flexibility index (Phi) is 7.05. The Morgan fingerprint density at radius 2 is 2.00 bits per heavy atom. The van der Waals surface area contributed by atoms with E-state index < -0.39 is 0 Å². The van der Waals surface area contributed by atoms with Crippen molar-refractivity contribution in [1.82, 2.24) is 20.2 Å². The number of nitrogens with zero attached hydrogens (tertiary/aromatic N) is 6. The molecule has 3 atom stereocenters. The molecular weight excluding hydrogens is 474 g/mol. The molecule has 3 aliphatic heterocycles. The molecule has 4 heterocycles. The van der Waals surface area contributed by atoms with Gasteiger partial charge in [0.05, 0.1) is 24.7 Å². The summed E-state index contributed by atoms with van der Waals surface area (Å²) < 4.78 is 6.30. The Hall–Kier alpha value is -3.41. The van der Waals surface area contributed by atoms with E-state index in [1.807, 2.05) is 0 Å². The molecule has 3 aromatic rings. The van der Waals surface area contributed by atoms with E-state index in [1.54, 1.807) is 0 Å². The predicted molar refractivity (Wildman–Crippen MR) is 151 cm³/mol. The minimum Gasteiger partial charge on any atom is -0.462 e. The predicted octanol–water partition coefficient (Wildman–Crippen LogP) is 3.75. The fraction of sp³-hybridized carbons (Fsp3) is 0.500. The van der Waals surface area contributed by atoms with Crippen LogP contribution in [0.15, 0.2) is 42.5 Å². The van der Waals surface area contributed by atoms with Gasteiger partial charge in [0.1, 0.15) is 12.4 Å². The third-order valence-electron chi connectivity index (χ3n) is 8.47. The first-order valence-corrected chi connectivity index (χ1v) is 13.9. The van der Waals surface area contributed by atoms with Gasteiger partial charge < -0.3 is 24.8 Å². The van der Waals surface area contributed by atoms with Crippen LogP contribution in [-0.2, 0) is 13.0 Å². The Labute approximate surface area is 225 Å². The van der Waals surface area contributed by atoms with Crippen LogP contribution in [0, 0.1) is 11.3 Å². The summed E-state index contributed by atoms with van der Waals surface area (Å²) in [6.07, 6.45) is 3.72. The maximum Gasteiger partial charge on any atom is 0.318 e. The van der Waals surface area contributed by atoms with Crippen molar-refractivity contribution < 1.29 is 4.74 Å². The van der Waals surface area contributed by atoms with E-state index in [9.17, 15) is 5.26 Å². The number of hydrogen-bond donors (Lipinski definition) is 1. The van der Waals surface area contributed by atoms with Gasteiger partial charge in [-0.1, -0.05) is 36.4 Å². The van der Waals surface area contributed by atoms with Crippen molar-refractivity contribution in [2.75, 3.05) is 49.6 Å². The Balaban J connectivity index is 1.34. The second-order valence-corrected chi connectivity index (χ2v) is 11.0. The number of benzene rings is 2. The highest BCUT2D eigenvalue weighted by Crippen LogP contribution is 2.35. The molecule has 6 rings (SSSR count). The van der Waals surface area contributed by atoms with Crippen LogP contribution < -0.4 is 19.9 Å². The summed E-state index contributed by atoms with van der Waals surface area (Å²) in [4.78, 5) is 17.2. The molecule has 198 valence electrons. The first-order chi connectivity index (χ1) is 18.6. The van der Waals surface area contributed by atoms with Crippen molar-refractivity contribution in [1.29, 1.82) is 5.26 Å². The SMILES string of the molecule is C[C@@H]1CN[C@@H](CC#N)CN1c1nc(OCC2CCCN2C)nc2c1CCN(c1cccc3ccccc13)C2. The van der Waals surface area contributed by atoms with Crippen molar-refractivity contribution >= 4 is 22.3 Å². The number of piperazine rings is 1. The second kappa shape index (κ2) is 10.8. The molecule has 8 heteroatoms. The van der Waals surface area contributed by atoms with E-state index in [0.29, 0.717) is 25.1 Å². The lowest BCUT2D eigenvalue weighted by molar-refractivity contribution is 0.187. The summed E-state index contributed by atoms with van der Waals surface area (Å²) in [5.74, 6) is 0.985. The lowest BCUT2D eigenvalue weighted by atomic mass is 10.0. The maximum atomic E-state index is 9.32. The number of rotatable bonds is 6. The topological polar surface area (TPSA) is 80.5 Å². The van der Waals surface area contributed by atoms with Gasteiger partial charge in [-0.3, -0.25) is 0 Å². The number of likely N-dealkylation sites (N-methyl/N-ethyl adjacent to an activating group) is 1. The van der Waals surface area contributed by atoms with Crippen LogP contribution >= 0.6 is 0 Å². The summed E-state index contributed by atoms with van der Waals surface area (Å²) in [5, 5.41) is 15.4. The lowest BCUT2D eigenvalue weighted by Gasteiger charge is -2.41. The normalized spacial score (nSPS) is 23.9. The third kappa shape index (κ3) is 4.89. The molecular formula is C30H37N7O. The van der Waals surface area contributed by atoms with Gasteiger partial charge in [-0.25, -0.2) is 0 Å². The summed E-state index contributed by atoms with van der Waals surface area (Å²) in [6.45, 7) is 7.17. The molecule has 3 aliphatic rings. The first kappa shape index (κ1) is 24.9.